The normalized spacial score (nSPS) is 31.2. The maximum Gasteiger partial charge on any atom is 0.250 e. The maximum atomic E-state index is 14.4. The number of nitrogens with zero attached hydrogens (tertiary/aromatic N) is 1. The summed E-state index contributed by atoms with van der Waals surface area (Å²) in [5.41, 5.74) is -0.572. The Morgan fingerprint density at radius 1 is 1.07 bits per heavy atom. The topological polar surface area (TPSA) is 98.7 Å². The van der Waals surface area contributed by atoms with Crippen LogP contribution in [0.2, 0.25) is 0 Å². The van der Waals surface area contributed by atoms with Crippen molar-refractivity contribution in [2.75, 3.05) is 10.2 Å². The number of fused-ring (bicyclic) bond motifs is 4. The van der Waals surface area contributed by atoms with Gasteiger partial charge in [0, 0.05) is 17.3 Å². The second-order valence-corrected chi connectivity index (χ2v) is 7.69. The smallest absolute Gasteiger partial charge is 0.250 e. The molecule has 5 rings (SSSR count). The van der Waals surface area contributed by atoms with Gasteiger partial charge >= 0.3 is 0 Å². The Kier molecular flexibility index (Phi) is 3.68. The summed E-state index contributed by atoms with van der Waals surface area (Å²) in [6.45, 7) is 1.50. The Balaban J connectivity index is 1.71. The SMILES string of the molecule is CC(O)C1NC2(C(=O)Nc3ccccc32)C2C(=O)N(c3ccccc3F)C(=O)C12. The molecule has 7 nitrogen and oxygen atoms in total. The van der Waals surface area contributed by atoms with Crippen LogP contribution in [0.3, 0.4) is 0 Å². The fraction of sp³-hybridized carbons (Fsp3) is 0.286. The fourth-order valence-corrected chi connectivity index (χ4v) is 4.97. The van der Waals surface area contributed by atoms with Gasteiger partial charge in [0.15, 0.2) is 0 Å². The number of anilines is 2. The predicted octanol–water partition coefficient (Wildman–Crippen LogP) is 1.13. The van der Waals surface area contributed by atoms with Crippen molar-refractivity contribution in [3.8, 4) is 0 Å². The van der Waals surface area contributed by atoms with Crippen molar-refractivity contribution in [2.45, 2.75) is 24.6 Å². The third-order valence-corrected chi connectivity index (χ3v) is 6.17. The number of aliphatic hydroxyl groups excluding tert-OH is 1. The molecule has 3 amide bonds. The lowest BCUT2D eigenvalue weighted by Crippen LogP contribution is -2.55. The first kappa shape index (κ1) is 18.0. The summed E-state index contributed by atoms with van der Waals surface area (Å²) >= 11 is 0. The van der Waals surface area contributed by atoms with Gasteiger partial charge in [-0.05, 0) is 25.1 Å². The molecule has 2 fully saturated rings. The highest BCUT2D eigenvalue weighted by atomic mass is 19.1. The van der Waals surface area contributed by atoms with E-state index in [4.69, 9.17) is 0 Å². The van der Waals surface area contributed by atoms with Gasteiger partial charge in [-0.15, -0.1) is 0 Å². The zero-order valence-electron chi connectivity index (χ0n) is 15.4. The van der Waals surface area contributed by atoms with Gasteiger partial charge in [0.1, 0.15) is 11.4 Å². The van der Waals surface area contributed by atoms with Gasteiger partial charge < -0.3 is 10.4 Å². The van der Waals surface area contributed by atoms with Crippen LogP contribution in [-0.2, 0) is 19.9 Å². The molecule has 2 saturated heterocycles. The first-order valence-electron chi connectivity index (χ1n) is 9.37. The molecule has 1 spiro atoms. The highest BCUT2D eigenvalue weighted by Gasteiger charge is 2.71. The Hall–Kier alpha value is -3.10. The van der Waals surface area contributed by atoms with Crippen molar-refractivity contribution in [2.24, 2.45) is 11.8 Å². The van der Waals surface area contributed by atoms with Crippen LogP contribution in [-0.4, -0.2) is 35.0 Å². The molecule has 3 N–H and O–H groups in total. The monoisotopic (exact) mass is 395 g/mol. The summed E-state index contributed by atoms with van der Waals surface area (Å²) in [7, 11) is 0. The van der Waals surface area contributed by atoms with Gasteiger partial charge in [0.05, 0.1) is 23.6 Å². The van der Waals surface area contributed by atoms with E-state index < -0.39 is 53.1 Å². The summed E-state index contributed by atoms with van der Waals surface area (Å²) in [6, 6.07) is 11.6. The highest BCUT2D eigenvalue weighted by molar-refractivity contribution is 6.25. The number of rotatable bonds is 2. The Bertz CT molecular complexity index is 1070. The van der Waals surface area contributed by atoms with Gasteiger partial charge in [-0.2, -0.15) is 0 Å². The molecule has 0 bridgehead atoms. The fourth-order valence-electron chi connectivity index (χ4n) is 4.97. The van der Waals surface area contributed by atoms with Crippen LogP contribution in [0.25, 0.3) is 0 Å². The largest absolute Gasteiger partial charge is 0.392 e. The second kappa shape index (κ2) is 5.95. The third-order valence-electron chi connectivity index (χ3n) is 6.17. The summed E-state index contributed by atoms with van der Waals surface area (Å²) in [5.74, 6) is -4.56. The molecule has 5 atom stereocenters. The number of carbonyl (C=O) groups is 3. The summed E-state index contributed by atoms with van der Waals surface area (Å²) in [5, 5.41) is 16.2. The molecule has 0 aliphatic carbocycles. The quantitative estimate of drug-likeness (QED) is 0.663. The van der Waals surface area contributed by atoms with Crippen LogP contribution in [0.15, 0.2) is 48.5 Å². The van der Waals surface area contributed by atoms with Gasteiger partial charge in [-0.25, -0.2) is 9.29 Å². The number of aliphatic hydroxyl groups is 1. The van der Waals surface area contributed by atoms with Crippen LogP contribution in [0.1, 0.15) is 12.5 Å². The number of hydrogen-bond acceptors (Lipinski definition) is 5. The van der Waals surface area contributed by atoms with E-state index in [9.17, 15) is 23.9 Å². The number of imide groups is 1. The average molecular weight is 395 g/mol. The lowest BCUT2D eigenvalue weighted by Gasteiger charge is -2.30. The molecule has 3 aliphatic heterocycles. The van der Waals surface area contributed by atoms with Gasteiger partial charge in [0.2, 0.25) is 17.7 Å². The minimum Gasteiger partial charge on any atom is -0.392 e. The molecular formula is C21H18FN3O4. The summed E-state index contributed by atoms with van der Waals surface area (Å²) in [4.78, 5) is 40.7. The summed E-state index contributed by atoms with van der Waals surface area (Å²) < 4.78 is 14.4. The van der Waals surface area contributed by atoms with E-state index in [1.165, 1.54) is 31.2 Å². The molecule has 0 saturated carbocycles. The zero-order chi connectivity index (χ0) is 20.5. The van der Waals surface area contributed by atoms with Crippen LogP contribution in [0.4, 0.5) is 15.8 Å². The molecule has 3 heterocycles. The van der Waals surface area contributed by atoms with Gasteiger partial charge in [0.25, 0.3) is 0 Å². The molecule has 0 radical (unpaired) electrons. The minimum absolute atomic E-state index is 0.150. The van der Waals surface area contributed by atoms with Crippen molar-refractivity contribution in [1.82, 2.24) is 5.32 Å². The van der Waals surface area contributed by atoms with Crippen molar-refractivity contribution in [1.29, 1.82) is 0 Å². The molecular weight excluding hydrogens is 377 g/mol. The first-order valence-corrected chi connectivity index (χ1v) is 9.37. The molecule has 3 aliphatic rings. The Labute approximate surface area is 165 Å². The Morgan fingerprint density at radius 3 is 2.48 bits per heavy atom. The Morgan fingerprint density at radius 2 is 1.76 bits per heavy atom. The predicted molar refractivity (Wildman–Crippen MR) is 101 cm³/mol. The number of para-hydroxylation sites is 2. The van der Waals surface area contributed by atoms with E-state index >= 15 is 0 Å². The molecule has 0 aromatic heterocycles. The molecule has 8 heteroatoms. The number of benzene rings is 2. The molecule has 148 valence electrons. The van der Waals surface area contributed by atoms with Crippen molar-refractivity contribution in [3.05, 3.63) is 59.9 Å². The van der Waals surface area contributed by atoms with E-state index in [-0.39, 0.29) is 5.69 Å². The molecule has 29 heavy (non-hydrogen) atoms. The lowest BCUT2D eigenvalue weighted by molar-refractivity contribution is -0.130. The van der Waals surface area contributed by atoms with Crippen molar-refractivity contribution in [3.63, 3.8) is 0 Å². The lowest BCUT2D eigenvalue weighted by atomic mass is 9.76. The molecule has 2 aromatic carbocycles. The third kappa shape index (κ3) is 2.15. The molecule has 2 aromatic rings. The number of hydrogen-bond donors (Lipinski definition) is 3. The van der Waals surface area contributed by atoms with Crippen molar-refractivity contribution < 1.29 is 23.9 Å². The van der Waals surface area contributed by atoms with Crippen LogP contribution >= 0.6 is 0 Å². The number of nitrogens with one attached hydrogen (secondary N) is 2. The number of halogens is 1. The minimum atomic E-state index is -1.50. The van der Waals surface area contributed by atoms with Crippen molar-refractivity contribution >= 4 is 29.1 Å². The average Bonchev–Trinajstić information content (AvgIpc) is 3.28. The number of carbonyl (C=O) groups excluding carboxylic acids is 3. The first-order chi connectivity index (χ1) is 13.9. The zero-order valence-corrected chi connectivity index (χ0v) is 15.4. The molecule has 5 unspecified atom stereocenters. The van der Waals surface area contributed by atoms with Crippen LogP contribution in [0.5, 0.6) is 0 Å². The van der Waals surface area contributed by atoms with Gasteiger partial charge in [-0.3, -0.25) is 19.7 Å². The highest BCUT2D eigenvalue weighted by Crippen LogP contribution is 2.53. The second-order valence-electron chi connectivity index (χ2n) is 7.69. The van der Waals surface area contributed by atoms with Crippen LogP contribution < -0.4 is 15.5 Å². The van der Waals surface area contributed by atoms with E-state index in [2.05, 4.69) is 10.6 Å². The van der Waals surface area contributed by atoms with E-state index in [0.717, 1.165) is 4.90 Å². The maximum absolute atomic E-state index is 14.4. The number of amides is 3. The standard InChI is InChI=1S/C21H18FN3O4/c1-10(26)17-15-16(19(28)25(18(15)27)14-9-5-3-7-12(14)22)21(24-17)11-6-2-4-8-13(11)23-20(21)29/h2-10,15-17,24,26H,1H3,(H,23,29). The van der Waals surface area contributed by atoms with Gasteiger partial charge in [-0.1, -0.05) is 30.3 Å². The summed E-state index contributed by atoms with van der Waals surface area (Å²) in [6.07, 6.45) is -1.01. The van der Waals surface area contributed by atoms with E-state index in [0.29, 0.717) is 11.3 Å². The van der Waals surface area contributed by atoms with Crippen LogP contribution in [0, 0.1) is 17.7 Å². The van der Waals surface area contributed by atoms with E-state index in [1.54, 1.807) is 24.3 Å². The van der Waals surface area contributed by atoms with E-state index in [1.807, 2.05) is 0 Å².